The van der Waals surface area contributed by atoms with Gasteiger partial charge in [-0.05, 0) is 24.6 Å². The lowest BCUT2D eigenvalue weighted by molar-refractivity contribution is -0.344. The van der Waals surface area contributed by atoms with Crippen LogP contribution in [0.5, 0.6) is 11.5 Å². The summed E-state index contributed by atoms with van der Waals surface area (Å²) in [4.78, 5) is 25.5. The molecule has 3 aliphatic rings. The molecule has 2 saturated heterocycles. The zero-order chi connectivity index (χ0) is 36.0. The summed E-state index contributed by atoms with van der Waals surface area (Å²) >= 11 is 0. The summed E-state index contributed by atoms with van der Waals surface area (Å²) in [6.07, 6.45) is -15.6. The predicted octanol–water partition coefficient (Wildman–Crippen LogP) is -2.81. The highest BCUT2D eigenvalue weighted by molar-refractivity contribution is 5.90. The Morgan fingerprint density at radius 2 is 1.53 bits per heavy atom. The molecular formula is C31H42O18. The van der Waals surface area contributed by atoms with Gasteiger partial charge < -0.3 is 79.1 Å². The second kappa shape index (κ2) is 17.0. The minimum absolute atomic E-state index is 0.0535. The van der Waals surface area contributed by atoms with E-state index in [9.17, 15) is 55.5 Å². The second-order valence-corrected chi connectivity index (χ2v) is 11.6. The SMILES string of the molecule is C/C=C1\[C@H](O[C@@H]2O[C@H](CO[C@@H]3O[C@H](CO)[C@@H](O)[C@H](O)[C@H]3O)[C@@H](O)[C@H](O)[C@H]2O)OC=C(C(=O)OC)[C@H]1CC(=O)OCCc1ccc(O)c(O)c1. The number of aliphatic hydroxyl groups is 7. The van der Waals surface area contributed by atoms with Gasteiger partial charge in [0.15, 0.2) is 24.1 Å². The average Bonchev–Trinajstić information content (AvgIpc) is 3.09. The molecule has 0 amide bonds. The predicted molar refractivity (Wildman–Crippen MR) is 159 cm³/mol. The molecule has 0 unspecified atom stereocenters. The number of aliphatic hydroxyl groups excluding tert-OH is 7. The van der Waals surface area contributed by atoms with Gasteiger partial charge in [0.1, 0.15) is 48.8 Å². The van der Waals surface area contributed by atoms with E-state index in [2.05, 4.69) is 0 Å². The monoisotopic (exact) mass is 702 g/mol. The molecule has 18 heteroatoms. The maximum absolute atomic E-state index is 12.9. The Hall–Kier alpha value is -3.40. The van der Waals surface area contributed by atoms with Crippen molar-refractivity contribution in [2.24, 2.45) is 5.92 Å². The van der Waals surface area contributed by atoms with Gasteiger partial charge in [-0.15, -0.1) is 0 Å². The van der Waals surface area contributed by atoms with Crippen LogP contribution in [0.2, 0.25) is 0 Å². The molecular weight excluding hydrogens is 660 g/mol. The van der Waals surface area contributed by atoms with Crippen molar-refractivity contribution in [2.75, 3.05) is 26.9 Å². The lowest BCUT2D eigenvalue weighted by Gasteiger charge is -2.43. The van der Waals surface area contributed by atoms with Gasteiger partial charge >= 0.3 is 11.9 Å². The topological polar surface area (TPSA) is 281 Å². The number of carbonyl (C=O) groups excluding carboxylic acids is 2. The van der Waals surface area contributed by atoms with Crippen molar-refractivity contribution in [3.63, 3.8) is 0 Å². The van der Waals surface area contributed by atoms with E-state index < -0.39 is 98.8 Å². The van der Waals surface area contributed by atoms with Gasteiger partial charge in [-0.3, -0.25) is 4.79 Å². The first-order valence-corrected chi connectivity index (χ1v) is 15.3. The van der Waals surface area contributed by atoms with E-state index in [0.29, 0.717) is 5.56 Å². The molecule has 0 bridgehead atoms. The summed E-state index contributed by atoms with van der Waals surface area (Å²) < 4.78 is 38.0. The van der Waals surface area contributed by atoms with Gasteiger partial charge in [0.2, 0.25) is 6.29 Å². The van der Waals surface area contributed by atoms with Crippen LogP contribution in [0, 0.1) is 5.92 Å². The molecule has 3 heterocycles. The number of carbonyl (C=O) groups is 2. The maximum Gasteiger partial charge on any atom is 0.337 e. The van der Waals surface area contributed by atoms with Crippen molar-refractivity contribution in [1.82, 2.24) is 0 Å². The van der Waals surface area contributed by atoms with Crippen molar-refractivity contribution >= 4 is 11.9 Å². The molecule has 9 N–H and O–H groups in total. The summed E-state index contributed by atoms with van der Waals surface area (Å²) in [7, 11) is 1.13. The van der Waals surface area contributed by atoms with Crippen LogP contribution in [0.25, 0.3) is 0 Å². The summed E-state index contributed by atoms with van der Waals surface area (Å²) in [5.41, 5.74) is 0.748. The van der Waals surface area contributed by atoms with Gasteiger partial charge in [-0.25, -0.2) is 4.79 Å². The lowest BCUT2D eigenvalue weighted by Crippen LogP contribution is -2.62. The summed E-state index contributed by atoms with van der Waals surface area (Å²) in [5, 5.41) is 90.6. The maximum atomic E-state index is 12.9. The number of phenolic OH excluding ortho intramolecular Hbond substituents is 2. The number of hydrogen-bond acceptors (Lipinski definition) is 18. The summed E-state index contributed by atoms with van der Waals surface area (Å²) in [6.45, 7) is 0.168. The number of methoxy groups -OCH3 is 1. The highest BCUT2D eigenvalue weighted by atomic mass is 16.8. The summed E-state index contributed by atoms with van der Waals surface area (Å²) in [6, 6.07) is 4.16. The standard InChI is InChI=1S/C31H42O18/c1-3-14-15(9-21(35)44-7-6-13-4-5-17(33)18(34)8-13)16(28(42)43-2)11-45-29(14)49-31-27(41)25(39)23(37)20(48-31)12-46-30-26(40)24(38)22(36)19(10-32)47-30/h3-5,8,11,15,19-20,22-27,29-34,36-41H,6-7,9-10,12H2,1-2H3/b14-3-/t15-,19+,20+,22+,23+,24-,25-,26+,27+,29-,30+,31-/m0/s1. The normalized spacial score (nSPS) is 35.7. The first-order chi connectivity index (χ1) is 23.3. The number of rotatable bonds is 12. The number of ether oxygens (including phenoxy) is 7. The molecule has 0 radical (unpaired) electrons. The quantitative estimate of drug-likeness (QED) is 0.0604. The third kappa shape index (κ3) is 8.86. The Morgan fingerprint density at radius 1 is 0.878 bits per heavy atom. The van der Waals surface area contributed by atoms with Crippen LogP contribution >= 0.6 is 0 Å². The molecule has 0 aromatic heterocycles. The zero-order valence-corrected chi connectivity index (χ0v) is 26.5. The van der Waals surface area contributed by atoms with Gasteiger partial charge in [-0.1, -0.05) is 12.1 Å². The van der Waals surface area contributed by atoms with E-state index >= 15 is 0 Å². The van der Waals surface area contributed by atoms with Crippen LogP contribution in [0.4, 0.5) is 0 Å². The number of allylic oxidation sites excluding steroid dienone is 1. The fourth-order valence-corrected chi connectivity index (χ4v) is 5.54. The van der Waals surface area contributed by atoms with Crippen LogP contribution in [0.15, 0.2) is 41.7 Å². The smallest absolute Gasteiger partial charge is 0.337 e. The Morgan fingerprint density at radius 3 is 2.16 bits per heavy atom. The number of aromatic hydroxyl groups is 2. The van der Waals surface area contributed by atoms with E-state index in [1.54, 1.807) is 13.0 Å². The number of phenols is 2. The van der Waals surface area contributed by atoms with Crippen LogP contribution in [0.3, 0.4) is 0 Å². The first kappa shape index (κ1) is 38.4. The van der Waals surface area contributed by atoms with Gasteiger partial charge in [0.25, 0.3) is 0 Å². The fourth-order valence-electron chi connectivity index (χ4n) is 5.54. The number of hydrogen-bond donors (Lipinski definition) is 9. The molecule has 2 fully saturated rings. The lowest BCUT2D eigenvalue weighted by atomic mass is 9.86. The van der Waals surface area contributed by atoms with Crippen LogP contribution in [0.1, 0.15) is 18.9 Å². The van der Waals surface area contributed by atoms with Crippen molar-refractivity contribution in [1.29, 1.82) is 0 Å². The third-order valence-electron chi connectivity index (χ3n) is 8.39. The minimum atomic E-state index is -1.85. The highest BCUT2D eigenvalue weighted by Gasteiger charge is 2.49. The number of esters is 2. The molecule has 1 aromatic carbocycles. The molecule has 274 valence electrons. The highest BCUT2D eigenvalue weighted by Crippen LogP contribution is 2.36. The Labute approximate surface area is 279 Å². The molecule has 0 saturated carbocycles. The molecule has 0 aliphatic carbocycles. The summed E-state index contributed by atoms with van der Waals surface area (Å²) in [5.74, 6) is -3.16. The Balaban J connectivity index is 1.43. The van der Waals surface area contributed by atoms with E-state index in [-0.39, 0.29) is 42.1 Å². The van der Waals surface area contributed by atoms with Crippen LogP contribution in [-0.2, 0) is 49.2 Å². The van der Waals surface area contributed by atoms with Crippen molar-refractivity contribution in [3.05, 3.63) is 47.2 Å². The second-order valence-electron chi connectivity index (χ2n) is 11.6. The molecule has 0 spiro atoms. The molecule has 1 aromatic rings. The van der Waals surface area contributed by atoms with E-state index in [1.807, 2.05) is 0 Å². The third-order valence-corrected chi connectivity index (χ3v) is 8.39. The average molecular weight is 703 g/mol. The van der Waals surface area contributed by atoms with Crippen molar-refractivity contribution in [2.45, 2.75) is 87.5 Å². The fraction of sp³-hybridized carbons (Fsp3) is 0.613. The van der Waals surface area contributed by atoms with E-state index in [0.717, 1.165) is 13.4 Å². The zero-order valence-electron chi connectivity index (χ0n) is 26.5. The van der Waals surface area contributed by atoms with Crippen LogP contribution < -0.4 is 0 Å². The Kier molecular flexibility index (Phi) is 13.3. The van der Waals surface area contributed by atoms with Gasteiger partial charge in [-0.2, -0.15) is 0 Å². The number of benzene rings is 1. The van der Waals surface area contributed by atoms with Crippen molar-refractivity contribution in [3.8, 4) is 11.5 Å². The Bertz CT molecular complexity index is 1350. The van der Waals surface area contributed by atoms with Crippen LogP contribution in [-0.4, -0.2) is 153 Å². The largest absolute Gasteiger partial charge is 0.504 e. The molecule has 18 nitrogen and oxygen atoms in total. The van der Waals surface area contributed by atoms with E-state index in [4.69, 9.17) is 33.2 Å². The molecule has 3 aliphatic heterocycles. The van der Waals surface area contributed by atoms with E-state index in [1.165, 1.54) is 18.2 Å². The first-order valence-electron chi connectivity index (χ1n) is 15.3. The van der Waals surface area contributed by atoms with Gasteiger partial charge in [0.05, 0.1) is 45.2 Å². The molecule has 49 heavy (non-hydrogen) atoms. The van der Waals surface area contributed by atoms with Crippen molar-refractivity contribution < 1.29 is 88.7 Å². The minimum Gasteiger partial charge on any atom is -0.504 e. The van der Waals surface area contributed by atoms with Gasteiger partial charge in [0, 0.05) is 17.9 Å². The molecule has 12 atom stereocenters. The molecule has 4 rings (SSSR count).